The Labute approximate surface area is 207 Å². The molecule has 1 N–H and O–H groups in total. The number of likely N-dealkylation sites (tertiary alicyclic amines) is 2. The van der Waals surface area contributed by atoms with Crippen molar-refractivity contribution < 1.29 is 23.8 Å². The second kappa shape index (κ2) is 12.4. The number of ether oxygens (including phenoxy) is 2. The van der Waals surface area contributed by atoms with E-state index in [0.29, 0.717) is 31.6 Å². The summed E-state index contributed by atoms with van der Waals surface area (Å²) in [6.45, 7) is 4.79. The van der Waals surface area contributed by atoms with Crippen molar-refractivity contribution in [2.24, 2.45) is 0 Å². The van der Waals surface area contributed by atoms with Gasteiger partial charge in [-0.05, 0) is 74.1 Å². The average Bonchev–Trinajstić information content (AvgIpc) is 3.07. The van der Waals surface area contributed by atoms with Crippen molar-refractivity contribution in [2.45, 2.75) is 57.1 Å². The van der Waals surface area contributed by atoms with Crippen LogP contribution in [0.15, 0.2) is 48.5 Å². The first-order chi connectivity index (χ1) is 17.0. The molecule has 0 radical (unpaired) electrons. The third-order valence-electron chi connectivity index (χ3n) is 6.93. The van der Waals surface area contributed by atoms with Gasteiger partial charge in [0, 0.05) is 39.1 Å². The summed E-state index contributed by atoms with van der Waals surface area (Å²) in [4.78, 5) is 16.4. The van der Waals surface area contributed by atoms with Crippen molar-refractivity contribution in [1.82, 2.24) is 9.80 Å². The van der Waals surface area contributed by atoms with Crippen molar-refractivity contribution in [1.29, 1.82) is 0 Å². The topological polar surface area (TPSA) is 62.2 Å². The first kappa shape index (κ1) is 25.5. The second-order valence-electron chi connectivity index (χ2n) is 9.78. The highest BCUT2D eigenvalue weighted by Gasteiger charge is 2.33. The molecule has 35 heavy (non-hydrogen) atoms. The number of carbonyl (C=O) groups excluding carboxylic acids is 1. The third-order valence-corrected chi connectivity index (χ3v) is 6.93. The molecule has 0 aliphatic carbocycles. The monoisotopic (exact) mass is 484 g/mol. The number of benzene rings is 2. The van der Waals surface area contributed by atoms with Gasteiger partial charge in [-0.1, -0.05) is 18.6 Å². The fourth-order valence-corrected chi connectivity index (χ4v) is 4.73. The van der Waals surface area contributed by atoms with Crippen molar-refractivity contribution in [3.8, 4) is 11.5 Å². The minimum atomic E-state index is -0.870. The molecule has 2 aliphatic heterocycles. The molecule has 2 fully saturated rings. The van der Waals surface area contributed by atoms with E-state index in [0.717, 1.165) is 64.2 Å². The maximum atomic E-state index is 13.0. The van der Waals surface area contributed by atoms with Gasteiger partial charge in [0.15, 0.2) is 0 Å². The fraction of sp³-hybridized carbons (Fsp3) is 0.536. The maximum Gasteiger partial charge on any atom is 0.222 e. The quantitative estimate of drug-likeness (QED) is 0.507. The fourth-order valence-electron chi connectivity index (χ4n) is 4.73. The minimum Gasteiger partial charge on any atom is -0.494 e. The van der Waals surface area contributed by atoms with Gasteiger partial charge in [-0.15, -0.1) is 0 Å². The number of nitrogens with zero attached hydrogens (tertiary/aromatic N) is 2. The SMILES string of the molecule is O=C1CCCCCN1CCCOc1cccc(CN2CCC(O)(COc3ccc(F)cc3)CC2)c1. The lowest BCUT2D eigenvalue weighted by Gasteiger charge is -2.38. The molecule has 2 saturated heterocycles. The molecule has 2 aromatic rings. The summed E-state index contributed by atoms with van der Waals surface area (Å²) in [5.74, 6) is 1.39. The first-order valence-corrected chi connectivity index (χ1v) is 12.8. The van der Waals surface area contributed by atoms with Crippen LogP contribution < -0.4 is 9.47 Å². The molecule has 0 unspecified atom stereocenters. The average molecular weight is 485 g/mol. The van der Waals surface area contributed by atoms with Gasteiger partial charge in [-0.25, -0.2) is 4.39 Å². The predicted octanol–water partition coefficient (Wildman–Crippen LogP) is 4.40. The number of piperidine rings is 1. The van der Waals surface area contributed by atoms with Gasteiger partial charge in [-0.3, -0.25) is 9.69 Å². The lowest BCUT2D eigenvalue weighted by Crippen LogP contribution is -2.47. The number of amides is 1. The largest absolute Gasteiger partial charge is 0.494 e. The van der Waals surface area contributed by atoms with E-state index in [1.54, 1.807) is 12.1 Å². The van der Waals surface area contributed by atoms with Crippen LogP contribution in [0.25, 0.3) is 0 Å². The summed E-state index contributed by atoms with van der Waals surface area (Å²) in [5, 5.41) is 10.9. The molecule has 0 aromatic heterocycles. The van der Waals surface area contributed by atoms with Gasteiger partial charge in [0.05, 0.1) is 6.61 Å². The Balaban J connectivity index is 1.17. The van der Waals surface area contributed by atoms with E-state index < -0.39 is 5.60 Å². The molecule has 6 nitrogen and oxygen atoms in total. The van der Waals surface area contributed by atoms with Crippen molar-refractivity contribution in [2.75, 3.05) is 39.4 Å². The van der Waals surface area contributed by atoms with E-state index in [4.69, 9.17) is 9.47 Å². The van der Waals surface area contributed by atoms with Crippen molar-refractivity contribution in [3.05, 3.63) is 59.9 Å². The molecular formula is C28H37FN2O4. The predicted molar refractivity (Wildman–Crippen MR) is 133 cm³/mol. The van der Waals surface area contributed by atoms with Crippen LogP contribution in [0.1, 0.15) is 50.5 Å². The van der Waals surface area contributed by atoms with Crippen LogP contribution in [0.2, 0.25) is 0 Å². The summed E-state index contributed by atoms with van der Waals surface area (Å²) >= 11 is 0. The van der Waals surface area contributed by atoms with E-state index in [9.17, 15) is 14.3 Å². The van der Waals surface area contributed by atoms with Crippen LogP contribution in [0, 0.1) is 5.82 Å². The zero-order valence-electron chi connectivity index (χ0n) is 20.5. The number of carbonyl (C=O) groups is 1. The Kier molecular flexibility index (Phi) is 8.99. The van der Waals surface area contributed by atoms with E-state index in [1.807, 2.05) is 17.0 Å². The van der Waals surface area contributed by atoms with Gasteiger partial charge >= 0.3 is 0 Å². The summed E-state index contributed by atoms with van der Waals surface area (Å²) < 4.78 is 24.7. The molecule has 4 rings (SSSR count). The number of hydrogen-bond acceptors (Lipinski definition) is 5. The van der Waals surface area contributed by atoms with Gasteiger partial charge in [0.1, 0.15) is 29.5 Å². The van der Waals surface area contributed by atoms with E-state index in [1.165, 1.54) is 17.7 Å². The zero-order chi connectivity index (χ0) is 24.5. The number of aliphatic hydroxyl groups is 1. The summed E-state index contributed by atoms with van der Waals surface area (Å²) in [6.07, 6.45) is 6.02. The van der Waals surface area contributed by atoms with E-state index in [-0.39, 0.29) is 18.3 Å². The number of hydrogen-bond donors (Lipinski definition) is 1. The van der Waals surface area contributed by atoms with Gasteiger partial charge in [0.2, 0.25) is 5.91 Å². The molecule has 1 amide bonds. The summed E-state index contributed by atoms with van der Waals surface area (Å²) in [7, 11) is 0. The molecule has 2 aromatic carbocycles. The van der Waals surface area contributed by atoms with Gasteiger partial charge < -0.3 is 19.5 Å². The van der Waals surface area contributed by atoms with Crippen LogP contribution in [-0.2, 0) is 11.3 Å². The Hall–Kier alpha value is -2.64. The number of halogens is 1. The highest BCUT2D eigenvalue weighted by molar-refractivity contribution is 5.76. The Morgan fingerprint density at radius 1 is 0.943 bits per heavy atom. The molecule has 7 heteroatoms. The third kappa shape index (κ3) is 7.94. The minimum absolute atomic E-state index is 0.207. The van der Waals surface area contributed by atoms with Crippen LogP contribution >= 0.6 is 0 Å². The lowest BCUT2D eigenvalue weighted by atomic mass is 9.92. The summed E-state index contributed by atoms with van der Waals surface area (Å²) in [5.41, 5.74) is 0.308. The molecule has 0 saturated carbocycles. The van der Waals surface area contributed by atoms with E-state index in [2.05, 4.69) is 17.0 Å². The maximum absolute atomic E-state index is 13.0. The molecular weight excluding hydrogens is 447 g/mol. The molecule has 2 heterocycles. The van der Waals surface area contributed by atoms with Crippen LogP contribution in [0.3, 0.4) is 0 Å². The van der Waals surface area contributed by atoms with Crippen molar-refractivity contribution in [3.63, 3.8) is 0 Å². The zero-order valence-corrected chi connectivity index (χ0v) is 20.5. The van der Waals surface area contributed by atoms with Crippen LogP contribution in [0.5, 0.6) is 11.5 Å². The molecule has 0 spiro atoms. The molecule has 0 bridgehead atoms. The molecule has 2 aliphatic rings. The Bertz CT molecular complexity index is 944. The second-order valence-corrected chi connectivity index (χ2v) is 9.78. The lowest BCUT2D eigenvalue weighted by molar-refractivity contribution is -0.130. The first-order valence-electron chi connectivity index (χ1n) is 12.8. The standard InChI is InChI=1S/C28H37FN2O4/c29-24-9-11-25(12-10-24)35-22-28(33)13-17-30(18-14-28)21-23-6-4-7-26(20-23)34-19-5-16-31-15-3-1-2-8-27(31)32/h4,6-7,9-12,20,33H,1-3,5,8,13-19,21-22H2. The van der Waals surface area contributed by atoms with Gasteiger partial charge in [0.25, 0.3) is 0 Å². The molecule has 190 valence electrons. The van der Waals surface area contributed by atoms with Crippen molar-refractivity contribution >= 4 is 5.91 Å². The highest BCUT2D eigenvalue weighted by Crippen LogP contribution is 2.26. The molecule has 0 atom stereocenters. The van der Waals surface area contributed by atoms with Crippen LogP contribution in [-0.4, -0.2) is 65.8 Å². The van der Waals surface area contributed by atoms with Gasteiger partial charge in [-0.2, -0.15) is 0 Å². The normalized spacial score (nSPS) is 18.8. The summed E-state index contributed by atoms with van der Waals surface area (Å²) in [6, 6.07) is 14.0. The van der Waals surface area contributed by atoms with Crippen LogP contribution in [0.4, 0.5) is 4.39 Å². The Morgan fingerprint density at radius 2 is 1.74 bits per heavy atom. The number of rotatable bonds is 10. The Morgan fingerprint density at radius 3 is 2.54 bits per heavy atom. The van der Waals surface area contributed by atoms with E-state index >= 15 is 0 Å². The smallest absolute Gasteiger partial charge is 0.222 e. The highest BCUT2D eigenvalue weighted by atomic mass is 19.1.